The summed E-state index contributed by atoms with van der Waals surface area (Å²) in [6, 6.07) is 13.2. The van der Waals surface area contributed by atoms with E-state index in [1.165, 1.54) is 5.41 Å². The fraction of sp³-hybridized carbons (Fsp3) is 0.350. The van der Waals surface area contributed by atoms with E-state index in [2.05, 4.69) is 4.98 Å². The third-order valence-electron chi connectivity index (χ3n) is 5.10. The second-order valence-corrected chi connectivity index (χ2v) is 8.59. The molecule has 6 heteroatoms. The summed E-state index contributed by atoms with van der Waals surface area (Å²) in [7, 11) is -3.43. The monoisotopic (exact) mass is 370 g/mol. The molecule has 2 fully saturated rings. The van der Waals surface area contributed by atoms with Gasteiger partial charge < -0.3 is 4.74 Å². The molecule has 0 saturated carbocycles. The average molecular weight is 370 g/mol. The van der Waals surface area contributed by atoms with Crippen LogP contribution in [-0.2, 0) is 10.0 Å². The molecule has 5 nitrogen and oxygen atoms in total. The highest BCUT2D eigenvalue weighted by Crippen LogP contribution is 2.39. The van der Waals surface area contributed by atoms with Gasteiger partial charge in [0.05, 0.1) is 0 Å². The van der Waals surface area contributed by atoms with E-state index in [-0.39, 0.29) is 18.2 Å². The van der Waals surface area contributed by atoms with E-state index < -0.39 is 10.0 Å². The summed E-state index contributed by atoms with van der Waals surface area (Å²) in [5, 5.41) is 1.34. The van der Waals surface area contributed by atoms with E-state index in [0.717, 1.165) is 37.0 Å². The van der Waals surface area contributed by atoms with Crippen LogP contribution < -0.4 is 4.74 Å². The van der Waals surface area contributed by atoms with E-state index in [9.17, 15) is 8.42 Å². The van der Waals surface area contributed by atoms with Crippen molar-refractivity contribution in [2.45, 2.75) is 43.9 Å². The molecule has 0 radical (unpaired) electrons. The van der Waals surface area contributed by atoms with Crippen LogP contribution in [-0.4, -0.2) is 35.9 Å². The summed E-state index contributed by atoms with van der Waals surface area (Å²) >= 11 is 0. The average Bonchev–Trinajstić information content (AvgIpc) is 2.94. The molecule has 1 aromatic carbocycles. The van der Waals surface area contributed by atoms with Crippen molar-refractivity contribution >= 4 is 16.1 Å². The Balaban J connectivity index is 1.46. The maximum absolute atomic E-state index is 12.9. The molecule has 2 aromatic rings. The number of nitrogens with zero attached hydrogens (tertiary/aromatic N) is 2. The van der Waals surface area contributed by atoms with E-state index in [1.807, 2.05) is 42.5 Å². The lowest BCUT2D eigenvalue weighted by molar-refractivity contribution is 0.0963. The van der Waals surface area contributed by atoms with Crippen molar-refractivity contribution in [3.8, 4) is 5.75 Å². The van der Waals surface area contributed by atoms with Gasteiger partial charge in [0.2, 0.25) is 10.0 Å². The fourth-order valence-corrected chi connectivity index (χ4v) is 5.69. The summed E-state index contributed by atoms with van der Waals surface area (Å²) < 4.78 is 33.5. The predicted molar refractivity (Wildman–Crippen MR) is 101 cm³/mol. The number of aromatic nitrogens is 1. The Labute approximate surface area is 154 Å². The van der Waals surface area contributed by atoms with Crippen molar-refractivity contribution in [2.75, 3.05) is 0 Å². The van der Waals surface area contributed by atoms with Crippen molar-refractivity contribution in [2.24, 2.45) is 0 Å². The molecule has 2 atom stereocenters. The van der Waals surface area contributed by atoms with Gasteiger partial charge in [-0.1, -0.05) is 30.3 Å². The van der Waals surface area contributed by atoms with Gasteiger partial charge in [-0.15, -0.1) is 0 Å². The molecule has 0 N–H and O–H groups in total. The SMILES string of the molecule is O=S(=O)(/C=C/c1ccccc1)N1C2CCC1CC(Oc1ccncc1)C2. The Bertz CT molecular complexity index is 854. The zero-order chi connectivity index (χ0) is 18.0. The quantitative estimate of drug-likeness (QED) is 0.809. The summed E-state index contributed by atoms with van der Waals surface area (Å²) in [6.07, 6.45) is 8.41. The minimum Gasteiger partial charge on any atom is -0.490 e. The van der Waals surface area contributed by atoms with E-state index >= 15 is 0 Å². The molecule has 2 aliphatic rings. The Morgan fingerprint density at radius 1 is 1.00 bits per heavy atom. The summed E-state index contributed by atoms with van der Waals surface area (Å²) in [5.41, 5.74) is 0.888. The highest BCUT2D eigenvalue weighted by Gasteiger charge is 2.46. The normalized spacial score (nSPS) is 26.2. The van der Waals surface area contributed by atoms with Crippen LogP contribution in [0, 0.1) is 0 Å². The van der Waals surface area contributed by atoms with Crippen LogP contribution in [0.15, 0.2) is 60.3 Å². The van der Waals surface area contributed by atoms with Gasteiger partial charge in [0.1, 0.15) is 11.9 Å². The summed E-state index contributed by atoms with van der Waals surface area (Å²) in [6.45, 7) is 0. The minimum absolute atomic E-state index is 0.0195. The highest BCUT2D eigenvalue weighted by molar-refractivity contribution is 7.92. The molecule has 0 aliphatic carbocycles. The Morgan fingerprint density at radius 2 is 1.65 bits per heavy atom. The molecular weight excluding hydrogens is 348 g/mol. The molecule has 0 amide bonds. The lowest BCUT2D eigenvalue weighted by Crippen LogP contribution is -2.48. The van der Waals surface area contributed by atoms with Gasteiger partial charge in [-0.2, -0.15) is 4.31 Å². The number of pyridine rings is 1. The lowest BCUT2D eigenvalue weighted by Gasteiger charge is -2.37. The van der Waals surface area contributed by atoms with Gasteiger partial charge in [-0.25, -0.2) is 8.42 Å². The zero-order valence-electron chi connectivity index (χ0n) is 14.4. The molecule has 1 aromatic heterocycles. The van der Waals surface area contributed by atoms with E-state index in [1.54, 1.807) is 22.8 Å². The van der Waals surface area contributed by atoms with Gasteiger partial charge in [0.25, 0.3) is 0 Å². The minimum atomic E-state index is -3.43. The Kier molecular flexibility index (Phi) is 4.78. The van der Waals surface area contributed by atoms with Crippen LogP contribution in [0.1, 0.15) is 31.2 Å². The van der Waals surface area contributed by atoms with Gasteiger partial charge in [-0.05, 0) is 36.6 Å². The Hall–Kier alpha value is -2.18. The predicted octanol–water partition coefficient (Wildman–Crippen LogP) is 3.46. The number of rotatable bonds is 5. The first kappa shape index (κ1) is 17.2. The van der Waals surface area contributed by atoms with Crippen molar-refractivity contribution in [1.29, 1.82) is 0 Å². The number of benzene rings is 1. The third kappa shape index (κ3) is 3.66. The molecule has 4 rings (SSSR count). The largest absolute Gasteiger partial charge is 0.490 e. The van der Waals surface area contributed by atoms with Crippen molar-refractivity contribution in [3.63, 3.8) is 0 Å². The number of sulfonamides is 1. The second-order valence-electron chi connectivity index (χ2n) is 6.87. The van der Waals surface area contributed by atoms with Crippen LogP contribution in [0.4, 0.5) is 0 Å². The van der Waals surface area contributed by atoms with Crippen LogP contribution >= 0.6 is 0 Å². The van der Waals surface area contributed by atoms with Crippen LogP contribution in [0.2, 0.25) is 0 Å². The van der Waals surface area contributed by atoms with Crippen LogP contribution in [0.25, 0.3) is 6.08 Å². The molecular formula is C20H22N2O3S. The van der Waals surface area contributed by atoms with Crippen LogP contribution in [0.3, 0.4) is 0 Å². The smallest absolute Gasteiger partial charge is 0.236 e. The van der Waals surface area contributed by atoms with Gasteiger partial charge >= 0.3 is 0 Å². The number of hydrogen-bond donors (Lipinski definition) is 0. The van der Waals surface area contributed by atoms with Gasteiger partial charge in [0, 0.05) is 42.7 Å². The first-order valence-corrected chi connectivity index (χ1v) is 10.5. The maximum Gasteiger partial charge on any atom is 0.236 e. The van der Waals surface area contributed by atoms with Gasteiger partial charge in [-0.3, -0.25) is 4.98 Å². The molecule has 2 bridgehead atoms. The molecule has 136 valence electrons. The van der Waals surface area contributed by atoms with Crippen molar-refractivity contribution in [1.82, 2.24) is 9.29 Å². The standard InChI is InChI=1S/C20H22N2O3S/c23-26(24,13-10-16-4-2-1-3-5-16)22-17-6-7-18(22)15-20(14-17)25-19-8-11-21-12-9-19/h1-5,8-13,17-18,20H,6-7,14-15H2/b13-10+. The highest BCUT2D eigenvalue weighted by atomic mass is 32.2. The Morgan fingerprint density at radius 3 is 2.31 bits per heavy atom. The molecule has 26 heavy (non-hydrogen) atoms. The third-order valence-corrected chi connectivity index (χ3v) is 6.77. The molecule has 2 aliphatic heterocycles. The maximum atomic E-state index is 12.9. The number of ether oxygens (including phenoxy) is 1. The number of fused-ring (bicyclic) bond motifs is 2. The molecule has 0 spiro atoms. The zero-order valence-corrected chi connectivity index (χ0v) is 15.3. The van der Waals surface area contributed by atoms with E-state index in [0.29, 0.717) is 0 Å². The first-order chi connectivity index (χ1) is 12.6. The van der Waals surface area contributed by atoms with Crippen LogP contribution in [0.5, 0.6) is 5.75 Å². The fourth-order valence-electron chi connectivity index (χ4n) is 4.00. The molecule has 2 saturated heterocycles. The molecule has 2 unspecified atom stereocenters. The second kappa shape index (κ2) is 7.21. The number of piperidine rings is 1. The molecule has 3 heterocycles. The topological polar surface area (TPSA) is 59.5 Å². The van der Waals surface area contributed by atoms with Crippen molar-refractivity contribution < 1.29 is 13.2 Å². The summed E-state index contributed by atoms with van der Waals surface area (Å²) in [5.74, 6) is 0.796. The first-order valence-electron chi connectivity index (χ1n) is 8.95. The lowest BCUT2D eigenvalue weighted by atomic mass is 10.0. The van der Waals surface area contributed by atoms with E-state index in [4.69, 9.17) is 4.74 Å². The van der Waals surface area contributed by atoms with Gasteiger partial charge in [0.15, 0.2) is 0 Å². The summed E-state index contributed by atoms with van der Waals surface area (Å²) in [4.78, 5) is 4.00. The van der Waals surface area contributed by atoms with Crippen molar-refractivity contribution in [3.05, 3.63) is 65.8 Å². The number of hydrogen-bond acceptors (Lipinski definition) is 4.